The first-order chi connectivity index (χ1) is 11.6. The second kappa shape index (κ2) is 6.84. The highest BCUT2D eigenvalue weighted by atomic mass is 16.3. The zero-order valence-corrected chi connectivity index (χ0v) is 13.6. The summed E-state index contributed by atoms with van der Waals surface area (Å²) in [6, 6.07) is 4.57. The average Bonchev–Trinajstić information content (AvgIpc) is 3.22. The Morgan fingerprint density at radius 2 is 2.25 bits per heavy atom. The van der Waals surface area contributed by atoms with Crippen molar-refractivity contribution in [3.8, 4) is 0 Å². The monoisotopic (exact) mass is 328 g/mol. The topological polar surface area (TPSA) is 93.2 Å². The van der Waals surface area contributed by atoms with Crippen LogP contribution in [-0.2, 0) is 6.54 Å². The molecule has 1 unspecified atom stereocenters. The molecule has 7 heteroatoms. The molecular formula is C17H20N4O3. The Kier molecular flexibility index (Phi) is 4.61. The van der Waals surface area contributed by atoms with Gasteiger partial charge >= 0.3 is 0 Å². The van der Waals surface area contributed by atoms with Gasteiger partial charge in [0.2, 0.25) is 0 Å². The molecule has 0 saturated heterocycles. The number of amides is 1. The zero-order valence-electron chi connectivity index (χ0n) is 13.6. The fraction of sp³-hybridized carbons (Fsp3) is 0.353. The standard InChI is InChI=1S/C17H20N4O3/c1-11(2)9-21-16-12(8-19-21)6-13(7-18-16)17(23)20-14(10-22)15-4-3-5-24-15/h3-8,11,14,22H,9-10H2,1-2H3,(H,20,23). The minimum Gasteiger partial charge on any atom is -0.467 e. The molecule has 24 heavy (non-hydrogen) atoms. The van der Waals surface area contributed by atoms with Crippen LogP contribution in [0.2, 0.25) is 0 Å². The minimum absolute atomic E-state index is 0.249. The molecule has 0 saturated carbocycles. The van der Waals surface area contributed by atoms with Crippen LogP contribution in [0.4, 0.5) is 0 Å². The van der Waals surface area contributed by atoms with Crippen LogP contribution < -0.4 is 5.32 Å². The van der Waals surface area contributed by atoms with Gasteiger partial charge in [-0.2, -0.15) is 5.10 Å². The second-order valence-corrected chi connectivity index (χ2v) is 6.08. The van der Waals surface area contributed by atoms with Gasteiger partial charge in [-0.3, -0.25) is 4.79 Å². The molecule has 0 radical (unpaired) electrons. The van der Waals surface area contributed by atoms with Gasteiger partial charge in [-0.15, -0.1) is 0 Å². The van der Waals surface area contributed by atoms with E-state index in [4.69, 9.17) is 4.42 Å². The normalized spacial score (nSPS) is 12.7. The first-order valence-corrected chi connectivity index (χ1v) is 7.85. The van der Waals surface area contributed by atoms with Gasteiger partial charge in [0.05, 0.1) is 24.6 Å². The summed E-state index contributed by atoms with van der Waals surface area (Å²) in [5, 5.41) is 17.3. The number of nitrogens with zero attached hydrogens (tertiary/aromatic N) is 3. The lowest BCUT2D eigenvalue weighted by molar-refractivity contribution is 0.0907. The van der Waals surface area contributed by atoms with E-state index in [2.05, 4.69) is 29.2 Å². The van der Waals surface area contributed by atoms with Gasteiger partial charge in [-0.05, 0) is 24.1 Å². The first kappa shape index (κ1) is 16.2. The van der Waals surface area contributed by atoms with Crippen molar-refractivity contribution in [2.45, 2.75) is 26.4 Å². The van der Waals surface area contributed by atoms with Crippen molar-refractivity contribution < 1.29 is 14.3 Å². The second-order valence-electron chi connectivity index (χ2n) is 6.08. The summed E-state index contributed by atoms with van der Waals surface area (Å²) in [6.07, 6.45) is 4.73. The van der Waals surface area contributed by atoms with Crippen molar-refractivity contribution in [3.05, 3.63) is 48.2 Å². The first-order valence-electron chi connectivity index (χ1n) is 7.85. The molecule has 0 aromatic carbocycles. The molecule has 2 N–H and O–H groups in total. The molecule has 0 aliphatic rings. The number of carbonyl (C=O) groups is 1. The third-order valence-electron chi connectivity index (χ3n) is 3.65. The lowest BCUT2D eigenvalue weighted by Crippen LogP contribution is -2.30. The molecule has 0 aliphatic carbocycles. The van der Waals surface area contributed by atoms with Crippen molar-refractivity contribution in [2.75, 3.05) is 6.61 Å². The van der Waals surface area contributed by atoms with Gasteiger partial charge in [-0.1, -0.05) is 13.8 Å². The van der Waals surface area contributed by atoms with E-state index in [1.165, 1.54) is 12.5 Å². The number of rotatable bonds is 6. The number of aliphatic hydroxyl groups is 1. The number of nitrogens with one attached hydrogen (secondary N) is 1. The molecular weight excluding hydrogens is 308 g/mol. The lowest BCUT2D eigenvalue weighted by Gasteiger charge is -2.13. The van der Waals surface area contributed by atoms with Crippen LogP contribution in [0.5, 0.6) is 0 Å². The number of furan rings is 1. The number of aliphatic hydroxyl groups excluding tert-OH is 1. The van der Waals surface area contributed by atoms with Crippen molar-refractivity contribution in [2.24, 2.45) is 5.92 Å². The molecule has 3 rings (SSSR count). The number of aromatic nitrogens is 3. The number of hydrogen-bond donors (Lipinski definition) is 2. The van der Waals surface area contributed by atoms with Crippen molar-refractivity contribution in [1.29, 1.82) is 0 Å². The van der Waals surface area contributed by atoms with Crippen molar-refractivity contribution >= 4 is 16.9 Å². The van der Waals surface area contributed by atoms with E-state index in [9.17, 15) is 9.90 Å². The number of pyridine rings is 1. The predicted molar refractivity (Wildman–Crippen MR) is 88.4 cm³/mol. The van der Waals surface area contributed by atoms with Gasteiger partial charge in [0.1, 0.15) is 11.8 Å². The Hall–Kier alpha value is -2.67. The summed E-state index contributed by atoms with van der Waals surface area (Å²) < 4.78 is 7.06. The van der Waals surface area contributed by atoms with E-state index in [-0.39, 0.29) is 12.5 Å². The molecule has 0 spiro atoms. The SMILES string of the molecule is CC(C)Cn1ncc2cc(C(=O)NC(CO)c3ccco3)cnc21. The van der Waals surface area contributed by atoms with Crippen LogP contribution in [-0.4, -0.2) is 32.4 Å². The molecule has 126 valence electrons. The fourth-order valence-electron chi connectivity index (χ4n) is 2.51. The predicted octanol–water partition coefficient (Wildman–Crippen LogP) is 2.14. The Balaban J connectivity index is 1.80. The van der Waals surface area contributed by atoms with Crippen molar-refractivity contribution in [1.82, 2.24) is 20.1 Å². The van der Waals surface area contributed by atoms with E-state index in [0.29, 0.717) is 17.2 Å². The third kappa shape index (κ3) is 3.30. The molecule has 0 fully saturated rings. The average molecular weight is 328 g/mol. The Morgan fingerprint density at radius 3 is 2.92 bits per heavy atom. The van der Waals surface area contributed by atoms with Gasteiger partial charge in [0.15, 0.2) is 5.65 Å². The maximum atomic E-state index is 12.4. The quantitative estimate of drug-likeness (QED) is 0.723. The third-order valence-corrected chi connectivity index (χ3v) is 3.65. The number of carbonyl (C=O) groups excluding carboxylic acids is 1. The lowest BCUT2D eigenvalue weighted by atomic mass is 10.2. The van der Waals surface area contributed by atoms with E-state index < -0.39 is 6.04 Å². The van der Waals surface area contributed by atoms with Crippen LogP contribution in [0.25, 0.3) is 11.0 Å². The zero-order chi connectivity index (χ0) is 17.1. The minimum atomic E-state index is -0.591. The van der Waals surface area contributed by atoms with E-state index in [1.807, 2.05) is 4.68 Å². The smallest absolute Gasteiger partial charge is 0.253 e. The Bertz CT molecular complexity index is 824. The molecule has 1 atom stereocenters. The fourth-order valence-corrected chi connectivity index (χ4v) is 2.51. The molecule has 3 aromatic rings. The molecule has 0 aliphatic heterocycles. The maximum absolute atomic E-state index is 12.4. The van der Waals surface area contributed by atoms with E-state index in [1.54, 1.807) is 24.4 Å². The van der Waals surface area contributed by atoms with Crippen LogP contribution in [0, 0.1) is 5.92 Å². The Morgan fingerprint density at radius 1 is 1.42 bits per heavy atom. The van der Waals surface area contributed by atoms with E-state index >= 15 is 0 Å². The summed E-state index contributed by atoms with van der Waals surface area (Å²) in [5.41, 5.74) is 1.17. The highest BCUT2D eigenvalue weighted by Crippen LogP contribution is 2.17. The van der Waals surface area contributed by atoms with Crippen LogP contribution in [0.1, 0.15) is 36.0 Å². The van der Waals surface area contributed by atoms with Gasteiger partial charge in [-0.25, -0.2) is 9.67 Å². The summed E-state index contributed by atoms with van der Waals surface area (Å²) >= 11 is 0. The van der Waals surface area contributed by atoms with Crippen LogP contribution in [0.15, 0.2) is 41.3 Å². The number of hydrogen-bond acceptors (Lipinski definition) is 5. The van der Waals surface area contributed by atoms with Gasteiger partial charge in [0, 0.05) is 18.1 Å². The molecule has 0 bridgehead atoms. The highest BCUT2D eigenvalue weighted by Gasteiger charge is 2.18. The largest absolute Gasteiger partial charge is 0.467 e. The molecule has 1 amide bonds. The van der Waals surface area contributed by atoms with Crippen molar-refractivity contribution in [3.63, 3.8) is 0 Å². The summed E-state index contributed by atoms with van der Waals surface area (Å²) in [4.78, 5) is 16.8. The molecule has 7 nitrogen and oxygen atoms in total. The maximum Gasteiger partial charge on any atom is 0.253 e. The molecule has 3 heterocycles. The highest BCUT2D eigenvalue weighted by molar-refractivity contribution is 5.97. The van der Waals surface area contributed by atoms with Crippen LogP contribution in [0.3, 0.4) is 0 Å². The van der Waals surface area contributed by atoms with Crippen LogP contribution >= 0.6 is 0 Å². The van der Waals surface area contributed by atoms with Gasteiger partial charge in [0.25, 0.3) is 5.91 Å². The Labute approximate surface area is 139 Å². The summed E-state index contributed by atoms with van der Waals surface area (Å²) in [7, 11) is 0. The van der Waals surface area contributed by atoms with E-state index in [0.717, 1.165) is 17.6 Å². The number of fused-ring (bicyclic) bond motifs is 1. The van der Waals surface area contributed by atoms with Gasteiger partial charge < -0.3 is 14.8 Å². The summed E-state index contributed by atoms with van der Waals surface area (Å²) in [6.45, 7) is 4.74. The summed E-state index contributed by atoms with van der Waals surface area (Å²) in [5.74, 6) is 0.637. The molecule has 3 aromatic heterocycles.